The largest absolute Gasteiger partial charge is 0.486 e. The second kappa shape index (κ2) is 5.40. The lowest BCUT2D eigenvalue weighted by Gasteiger charge is -2.12. The molecule has 1 aromatic heterocycles. The van der Waals surface area contributed by atoms with Crippen molar-refractivity contribution in [2.24, 2.45) is 5.73 Å². The molecule has 100 valence electrons. The van der Waals surface area contributed by atoms with Crippen LogP contribution in [0.15, 0.2) is 17.5 Å². The van der Waals surface area contributed by atoms with Gasteiger partial charge in [0.05, 0.1) is 0 Å². The first-order valence-corrected chi connectivity index (χ1v) is 6.85. The van der Waals surface area contributed by atoms with E-state index < -0.39 is 0 Å². The fraction of sp³-hybridized carbons (Fsp3) is 0.286. The molecule has 0 amide bonds. The van der Waals surface area contributed by atoms with Crippen LogP contribution in [0.1, 0.15) is 27.4 Å². The Kier molecular flexibility index (Phi) is 3.85. The highest BCUT2D eigenvalue weighted by Crippen LogP contribution is 2.26. The first-order valence-electron chi connectivity index (χ1n) is 5.97. The van der Waals surface area contributed by atoms with Crippen molar-refractivity contribution in [2.75, 3.05) is 0 Å². The van der Waals surface area contributed by atoms with E-state index in [1.165, 1.54) is 0 Å². The maximum atomic E-state index is 7.47. The fourth-order valence-corrected chi connectivity index (χ4v) is 2.62. The predicted molar refractivity (Wildman–Crippen MR) is 78.1 cm³/mol. The SMILES string of the molecule is Cc1csc(COc2c(C)cc(C(=N)N)cc2C)n1. The van der Waals surface area contributed by atoms with Crippen molar-refractivity contribution in [1.29, 1.82) is 5.41 Å². The van der Waals surface area contributed by atoms with Crippen LogP contribution in [0, 0.1) is 26.2 Å². The highest BCUT2D eigenvalue weighted by molar-refractivity contribution is 7.09. The number of ether oxygens (including phenoxy) is 1. The summed E-state index contributed by atoms with van der Waals surface area (Å²) in [5.74, 6) is 0.922. The summed E-state index contributed by atoms with van der Waals surface area (Å²) < 4.78 is 5.84. The number of rotatable bonds is 4. The van der Waals surface area contributed by atoms with E-state index in [-0.39, 0.29) is 5.84 Å². The summed E-state index contributed by atoms with van der Waals surface area (Å²) in [4.78, 5) is 4.37. The second-order valence-corrected chi connectivity index (χ2v) is 5.47. The molecule has 2 rings (SSSR count). The molecule has 19 heavy (non-hydrogen) atoms. The van der Waals surface area contributed by atoms with Gasteiger partial charge in [-0.15, -0.1) is 11.3 Å². The zero-order valence-corrected chi connectivity index (χ0v) is 12.1. The Bertz CT molecular complexity index is 596. The van der Waals surface area contributed by atoms with Crippen molar-refractivity contribution < 1.29 is 4.74 Å². The Morgan fingerprint density at radius 2 is 1.95 bits per heavy atom. The van der Waals surface area contributed by atoms with E-state index in [1.807, 2.05) is 38.3 Å². The van der Waals surface area contributed by atoms with Gasteiger partial charge in [0.25, 0.3) is 0 Å². The lowest BCUT2D eigenvalue weighted by atomic mass is 10.1. The minimum absolute atomic E-state index is 0.0771. The topological polar surface area (TPSA) is 72.0 Å². The number of nitrogens with one attached hydrogen (secondary N) is 1. The van der Waals surface area contributed by atoms with E-state index in [1.54, 1.807) is 11.3 Å². The number of hydrogen-bond donors (Lipinski definition) is 2. The third-order valence-corrected chi connectivity index (χ3v) is 3.72. The summed E-state index contributed by atoms with van der Waals surface area (Å²) in [7, 11) is 0. The first kappa shape index (κ1) is 13.5. The summed E-state index contributed by atoms with van der Waals surface area (Å²) >= 11 is 1.60. The molecule has 0 aliphatic carbocycles. The van der Waals surface area contributed by atoms with Crippen LogP contribution in [-0.4, -0.2) is 10.8 Å². The Hall–Kier alpha value is -1.88. The number of nitrogens with zero attached hydrogens (tertiary/aromatic N) is 1. The third-order valence-electron chi connectivity index (χ3n) is 2.78. The van der Waals surface area contributed by atoms with Gasteiger partial charge in [0, 0.05) is 16.6 Å². The minimum atomic E-state index is 0.0771. The van der Waals surface area contributed by atoms with Gasteiger partial charge in [0.2, 0.25) is 0 Å². The zero-order chi connectivity index (χ0) is 14.0. The first-order chi connectivity index (χ1) is 8.97. The number of nitrogen functional groups attached to an aromatic ring is 1. The number of hydrogen-bond acceptors (Lipinski definition) is 4. The maximum absolute atomic E-state index is 7.47. The fourth-order valence-electron chi connectivity index (χ4n) is 1.94. The lowest BCUT2D eigenvalue weighted by Crippen LogP contribution is -2.12. The Balaban J connectivity index is 2.18. The zero-order valence-electron chi connectivity index (χ0n) is 11.3. The van der Waals surface area contributed by atoms with Crippen LogP contribution in [-0.2, 0) is 6.61 Å². The highest BCUT2D eigenvalue weighted by atomic mass is 32.1. The van der Waals surface area contributed by atoms with E-state index in [0.29, 0.717) is 6.61 Å². The van der Waals surface area contributed by atoms with Crippen molar-refractivity contribution in [1.82, 2.24) is 4.98 Å². The molecule has 0 radical (unpaired) electrons. The van der Waals surface area contributed by atoms with Crippen molar-refractivity contribution in [3.63, 3.8) is 0 Å². The van der Waals surface area contributed by atoms with Gasteiger partial charge >= 0.3 is 0 Å². The average Bonchev–Trinajstić information content (AvgIpc) is 2.73. The Morgan fingerprint density at radius 1 is 1.32 bits per heavy atom. The predicted octanol–water partition coefficient (Wildman–Crippen LogP) is 2.93. The van der Waals surface area contributed by atoms with Crippen LogP contribution in [0.3, 0.4) is 0 Å². The van der Waals surface area contributed by atoms with E-state index in [0.717, 1.165) is 33.1 Å². The molecular formula is C14H17N3OS. The van der Waals surface area contributed by atoms with Crippen LogP contribution in [0.4, 0.5) is 0 Å². The molecule has 0 atom stereocenters. The number of aromatic nitrogens is 1. The Morgan fingerprint density at radius 3 is 2.42 bits per heavy atom. The van der Waals surface area contributed by atoms with Gasteiger partial charge in [-0.2, -0.15) is 0 Å². The average molecular weight is 275 g/mol. The molecular weight excluding hydrogens is 258 g/mol. The van der Waals surface area contributed by atoms with Crippen LogP contribution in [0.5, 0.6) is 5.75 Å². The van der Waals surface area contributed by atoms with E-state index in [9.17, 15) is 0 Å². The van der Waals surface area contributed by atoms with Crippen molar-refractivity contribution in [3.05, 3.63) is 44.9 Å². The van der Waals surface area contributed by atoms with E-state index >= 15 is 0 Å². The van der Waals surface area contributed by atoms with Crippen molar-refractivity contribution >= 4 is 17.2 Å². The van der Waals surface area contributed by atoms with Crippen LogP contribution < -0.4 is 10.5 Å². The summed E-state index contributed by atoms with van der Waals surface area (Å²) in [6.07, 6.45) is 0. The van der Waals surface area contributed by atoms with E-state index in [4.69, 9.17) is 15.9 Å². The van der Waals surface area contributed by atoms with Gasteiger partial charge in [-0.25, -0.2) is 4.98 Å². The standard InChI is InChI=1S/C14H17N3OS/c1-8-4-11(14(15)16)5-9(2)13(8)18-6-12-17-10(3)7-19-12/h4-5,7H,6H2,1-3H3,(H3,15,16). The molecule has 0 spiro atoms. The normalized spacial score (nSPS) is 10.5. The lowest BCUT2D eigenvalue weighted by molar-refractivity contribution is 0.301. The smallest absolute Gasteiger partial charge is 0.140 e. The quantitative estimate of drug-likeness (QED) is 0.665. The maximum Gasteiger partial charge on any atom is 0.140 e. The molecule has 0 fully saturated rings. The molecule has 5 heteroatoms. The molecule has 0 aliphatic rings. The summed E-state index contributed by atoms with van der Waals surface area (Å²) in [6.45, 7) is 6.36. The molecule has 0 aliphatic heterocycles. The van der Waals surface area contributed by atoms with E-state index in [2.05, 4.69) is 4.98 Å². The summed E-state index contributed by atoms with van der Waals surface area (Å²) in [6, 6.07) is 3.75. The van der Waals surface area contributed by atoms with Crippen molar-refractivity contribution in [2.45, 2.75) is 27.4 Å². The van der Waals surface area contributed by atoms with Gasteiger partial charge in [-0.1, -0.05) is 0 Å². The van der Waals surface area contributed by atoms with Crippen molar-refractivity contribution in [3.8, 4) is 5.75 Å². The molecule has 0 saturated carbocycles. The molecule has 0 saturated heterocycles. The van der Waals surface area contributed by atoms with Gasteiger partial charge in [0.15, 0.2) is 0 Å². The van der Waals surface area contributed by atoms with Gasteiger partial charge < -0.3 is 10.5 Å². The van der Waals surface area contributed by atoms with Crippen LogP contribution >= 0.6 is 11.3 Å². The molecule has 2 aromatic rings. The van der Waals surface area contributed by atoms with Crippen LogP contribution in [0.25, 0.3) is 0 Å². The van der Waals surface area contributed by atoms with Gasteiger partial charge in [-0.05, 0) is 44.0 Å². The molecule has 1 heterocycles. The monoisotopic (exact) mass is 275 g/mol. The molecule has 4 nitrogen and oxygen atoms in total. The summed E-state index contributed by atoms with van der Waals surface area (Å²) in [5.41, 5.74) is 9.22. The van der Waals surface area contributed by atoms with Gasteiger partial charge in [-0.3, -0.25) is 5.41 Å². The minimum Gasteiger partial charge on any atom is -0.486 e. The second-order valence-electron chi connectivity index (χ2n) is 4.52. The number of amidine groups is 1. The summed E-state index contributed by atoms with van der Waals surface area (Å²) in [5, 5.41) is 10.4. The molecule has 0 bridgehead atoms. The molecule has 0 unspecified atom stereocenters. The third kappa shape index (κ3) is 3.12. The number of aryl methyl sites for hydroxylation is 3. The molecule has 1 aromatic carbocycles. The van der Waals surface area contributed by atoms with Gasteiger partial charge in [0.1, 0.15) is 23.2 Å². The van der Waals surface area contributed by atoms with Crippen LogP contribution in [0.2, 0.25) is 0 Å². The number of benzene rings is 1. The number of nitrogens with two attached hydrogens (primary N) is 1. The number of thiazole rings is 1. The Labute approximate surface area is 116 Å². The molecule has 3 N–H and O–H groups in total. The highest BCUT2D eigenvalue weighted by Gasteiger charge is 2.09.